The Bertz CT molecular complexity index is 1250. The first-order chi connectivity index (χ1) is 13.2. The minimum absolute atomic E-state index is 0.210. The van der Waals surface area contributed by atoms with Crippen molar-refractivity contribution in [2.24, 2.45) is 0 Å². The van der Waals surface area contributed by atoms with Crippen molar-refractivity contribution in [3.8, 4) is 5.69 Å². The summed E-state index contributed by atoms with van der Waals surface area (Å²) in [6, 6.07) is 23.8. The maximum Gasteiger partial charge on any atom is 0.339 e. The van der Waals surface area contributed by atoms with Crippen molar-refractivity contribution in [1.29, 1.82) is 0 Å². The number of fused-ring (bicyclic) bond motifs is 2. The van der Waals surface area contributed by atoms with Gasteiger partial charge in [0.1, 0.15) is 5.69 Å². The molecule has 2 heterocycles. The van der Waals surface area contributed by atoms with Gasteiger partial charge in [-0.15, -0.1) is 0 Å². The van der Waals surface area contributed by atoms with E-state index in [0.717, 1.165) is 5.56 Å². The van der Waals surface area contributed by atoms with Crippen LogP contribution in [0.3, 0.4) is 0 Å². The molecule has 1 aliphatic heterocycles. The summed E-state index contributed by atoms with van der Waals surface area (Å²) in [5.41, 5.74) is 2.29. The standard InChI is InChI=1S/C22H14N2O3/c25-21-17-12-6-4-10-15(17)19(23-24(21)14-8-2-1-3-9-14)20-16-11-5-7-13-18(16)22(26)27-20/h1-13,20H. The summed E-state index contributed by atoms with van der Waals surface area (Å²) in [7, 11) is 0. The Morgan fingerprint density at radius 3 is 2.26 bits per heavy atom. The maximum absolute atomic E-state index is 13.0. The van der Waals surface area contributed by atoms with E-state index in [4.69, 9.17) is 4.74 Å². The molecular formula is C22H14N2O3. The minimum atomic E-state index is -0.644. The van der Waals surface area contributed by atoms with E-state index in [2.05, 4.69) is 5.10 Å². The van der Waals surface area contributed by atoms with Gasteiger partial charge >= 0.3 is 5.97 Å². The molecule has 1 aromatic heterocycles. The third-order valence-corrected chi connectivity index (χ3v) is 4.77. The molecule has 0 fully saturated rings. The molecule has 1 unspecified atom stereocenters. The van der Waals surface area contributed by atoms with Crippen LogP contribution < -0.4 is 5.56 Å². The highest BCUT2D eigenvalue weighted by Crippen LogP contribution is 2.37. The molecule has 3 aromatic carbocycles. The summed E-state index contributed by atoms with van der Waals surface area (Å²) < 4.78 is 7.01. The molecular weight excluding hydrogens is 340 g/mol. The van der Waals surface area contributed by atoms with Crippen LogP contribution in [0.2, 0.25) is 0 Å². The van der Waals surface area contributed by atoms with Gasteiger partial charge in [0.2, 0.25) is 0 Å². The van der Waals surface area contributed by atoms with Gasteiger partial charge in [0.05, 0.1) is 16.6 Å². The Hall–Kier alpha value is -3.73. The lowest BCUT2D eigenvalue weighted by Gasteiger charge is -2.15. The molecule has 0 radical (unpaired) electrons. The average Bonchev–Trinajstić information content (AvgIpc) is 3.06. The highest BCUT2D eigenvalue weighted by molar-refractivity contribution is 5.95. The number of rotatable bonds is 2. The largest absolute Gasteiger partial charge is 0.447 e. The van der Waals surface area contributed by atoms with Gasteiger partial charge in [0.25, 0.3) is 5.56 Å². The number of esters is 1. The second kappa shape index (κ2) is 5.92. The fourth-order valence-electron chi connectivity index (χ4n) is 3.50. The lowest BCUT2D eigenvalue weighted by Crippen LogP contribution is -2.24. The highest BCUT2D eigenvalue weighted by atomic mass is 16.5. The zero-order chi connectivity index (χ0) is 18.4. The first-order valence-electron chi connectivity index (χ1n) is 8.61. The SMILES string of the molecule is O=C1OC(c2nn(-c3ccccc3)c(=O)c3ccccc23)c2ccccc21. The Labute approximate surface area is 154 Å². The fourth-order valence-corrected chi connectivity index (χ4v) is 3.50. The zero-order valence-electron chi connectivity index (χ0n) is 14.2. The number of carbonyl (C=O) groups is 1. The molecule has 27 heavy (non-hydrogen) atoms. The van der Waals surface area contributed by atoms with Crippen molar-refractivity contribution in [2.75, 3.05) is 0 Å². The van der Waals surface area contributed by atoms with Crippen LogP contribution in [0.5, 0.6) is 0 Å². The predicted molar refractivity (Wildman–Crippen MR) is 101 cm³/mol. The number of nitrogens with zero attached hydrogens (tertiary/aromatic N) is 2. The van der Waals surface area contributed by atoms with Crippen molar-refractivity contribution in [3.63, 3.8) is 0 Å². The molecule has 0 aliphatic carbocycles. The quantitative estimate of drug-likeness (QED) is 0.516. The van der Waals surface area contributed by atoms with Gasteiger partial charge in [-0.3, -0.25) is 4.79 Å². The summed E-state index contributed by atoms with van der Waals surface area (Å²) in [5, 5.41) is 5.83. The lowest BCUT2D eigenvalue weighted by atomic mass is 10.00. The topological polar surface area (TPSA) is 61.2 Å². The van der Waals surface area contributed by atoms with Crippen molar-refractivity contribution in [3.05, 3.63) is 106 Å². The number of carbonyl (C=O) groups excluding carboxylic acids is 1. The number of benzene rings is 3. The number of hydrogen-bond donors (Lipinski definition) is 0. The number of aromatic nitrogens is 2. The smallest absolute Gasteiger partial charge is 0.339 e. The summed E-state index contributed by atoms with van der Waals surface area (Å²) in [6.07, 6.45) is -0.644. The molecule has 1 aliphatic rings. The minimum Gasteiger partial charge on any atom is -0.447 e. The van der Waals surface area contributed by atoms with Crippen LogP contribution in [0.4, 0.5) is 0 Å². The van der Waals surface area contributed by atoms with Gasteiger partial charge in [0, 0.05) is 10.9 Å². The van der Waals surface area contributed by atoms with Crippen molar-refractivity contribution < 1.29 is 9.53 Å². The van der Waals surface area contributed by atoms with E-state index in [1.54, 1.807) is 18.2 Å². The van der Waals surface area contributed by atoms with E-state index in [1.807, 2.05) is 60.7 Å². The predicted octanol–water partition coefficient (Wildman–Crippen LogP) is 3.65. The maximum atomic E-state index is 13.0. The monoisotopic (exact) mass is 354 g/mol. The molecule has 0 N–H and O–H groups in total. The van der Waals surface area contributed by atoms with E-state index in [9.17, 15) is 9.59 Å². The molecule has 0 amide bonds. The normalized spacial score (nSPS) is 15.6. The number of hydrogen-bond acceptors (Lipinski definition) is 4. The van der Waals surface area contributed by atoms with Crippen LogP contribution in [-0.2, 0) is 4.74 Å². The van der Waals surface area contributed by atoms with E-state index in [0.29, 0.717) is 27.7 Å². The van der Waals surface area contributed by atoms with E-state index in [-0.39, 0.29) is 11.5 Å². The Kier molecular flexibility index (Phi) is 3.40. The molecule has 0 bridgehead atoms. The molecule has 0 spiro atoms. The first kappa shape index (κ1) is 15.5. The van der Waals surface area contributed by atoms with Crippen molar-refractivity contribution >= 4 is 16.7 Å². The van der Waals surface area contributed by atoms with Gasteiger partial charge in [-0.2, -0.15) is 9.78 Å². The van der Waals surface area contributed by atoms with Crippen LogP contribution in [0.15, 0.2) is 83.7 Å². The zero-order valence-corrected chi connectivity index (χ0v) is 14.2. The number of para-hydroxylation sites is 1. The molecule has 5 rings (SSSR count). The van der Waals surface area contributed by atoms with Gasteiger partial charge < -0.3 is 4.74 Å². The third-order valence-electron chi connectivity index (χ3n) is 4.77. The first-order valence-corrected chi connectivity index (χ1v) is 8.61. The Morgan fingerprint density at radius 1 is 0.778 bits per heavy atom. The van der Waals surface area contributed by atoms with Crippen LogP contribution >= 0.6 is 0 Å². The fraction of sp³-hybridized carbons (Fsp3) is 0.0455. The van der Waals surface area contributed by atoms with E-state index < -0.39 is 6.10 Å². The molecule has 0 saturated heterocycles. The van der Waals surface area contributed by atoms with Crippen LogP contribution in [0, 0.1) is 0 Å². The summed E-state index contributed by atoms with van der Waals surface area (Å²) in [6.45, 7) is 0. The van der Waals surface area contributed by atoms with Gasteiger partial charge in [-0.05, 0) is 24.3 Å². The number of cyclic esters (lactones) is 1. The van der Waals surface area contributed by atoms with Gasteiger partial charge in [-0.25, -0.2) is 4.79 Å². The summed E-state index contributed by atoms with van der Waals surface area (Å²) in [4.78, 5) is 25.3. The third kappa shape index (κ3) is 2.36. The molecule has 130 valence electrons. The Balaban J connectivity index is 1.82. The van der Waals surface area contributed by atoms with Crippen LogP contribution in [0.1, 0.15) is 27.7 Å². The van der Waals surface area contributed by atoms with Crippen molar-refractivity contribution in [2.45, 2.75) is 6.10 Å². The summed E-state index contributed by atoms with van der Waals surface area (Å²) in [5.74, 6) is -0.376. The Morgan fingerprint density at radius 2 is 1.44 bits per heavy atom. The van der Waals surface area contributed by atoms with Crippen LogP contribution in [-0.4, -0.2) is 15.7 Å². The van der Waals surface area contributed by atoms with E-state index in [1.165, 1.54) is 4.68 Å². The van der Waals surface area contributed by atoms with Gasteiger partial charge in [0.15, 0.2) is 6.10 Å². The van der Waals surface area contributed by atoms with E-state index >= 15 is 0 Å². The lowest BCUT2D eigenvalue weighted by molar-refractivity contribution is 0.0450. The average molecular weight is 354 g/mol. The molecule has 5 heteroatoms. The molecule has 1 atom stereocenters. The summed E-state index contributed by atoms with van der Waals surface area (Å²) >= 11 is 0. The highest BCUT2D eigenvalue weighted by Gasteiger charge is 2.34. The molecule has 5 nitrogen and oxygen atoms in total. The number of ether oxygens (including phenoxy) is 1. The van der Waals surface area contributed by atoms with Gasteiger partial charge in [-0.1, -0.05) is 54.6 Å². The second-order valence-electron chi connectivity index (χ2n) is 6.36. The van der Waals surface area contributed by atoms with Crippen molar-refractivity contribution in [1.82, 2.24) is 9.78 Å². The van der Waals surface area contributed by atoms with Crippen LogP contribution in [0.25, 0.3) is 16.5 Å². The molecule has 0 saturated carbocycles. The molecule has 4 aromatic rings. The second-order valence-corrected chi connectivity index (χ2v) is 6.36.